The Morgan fingerprint density at radius 1 is 1.30 bits per heavy atom. The number of para-hydroxylation sites is 1. The zero-order chi connectivity index (χ0) is 14.8. The number of aromatic nitrogens is 1. The fraction of sp³-hybridized carbons (Fsp3) is 0.400. The molecule has 2 rings (SSSR count). The quantitative estimate of drug-likeness (QED) is 0.922. The standard InChI is InChI=1S/C15H20N2O2S/c1-11(2)7-8-17-20(18,19)14-6-4-5-13-9-12(3)10-16-15(13)14/h4-6,9-11,17H,7-8H2,1-3H3. The molecule has 1 aromatic heterocycles. The third-order valence-electron chi connectivity index (χ3n) is 3.11. The maximum Gasteiger partial charge on any atom is 0.242 e. The van der Waals surface area contributed by atoms with Crippen LogP contribution in [0.4, 0.5) is 0 Å². The second-order valence-corrected chi connectivity index (χ2v) is 7.16. The molecule has 20 heavy (non-hydrogen) atoms. The van der Waals surface area contributed by atoms with Crippen LogP contribution in [0, 0.1) is 12.8 Å². The smallest absolute Gasteiger partial charge is 0.242 e. The minimum Gasteiger partial charge on any atom is -0.255 e. The summed E-state index contributed by atoms with van der Waals surface area (Å²) in [5.74, 6) is 0.464. The summed E-state index contributed by atoms with van der Waals surface area (Å²) in [6.45, 7) is 6.52. The molecule has 2 aromatic rings. The molecule has 0 atom stereocenters. The molecule has 0 saturated heterocycles. The number of sulfonamides is 1. The van der Waals surface area contributed by atoms with E-state index in [1.807, 2.05) is 19.1 Å². The van der Waals surface area contributed by atoms with E-state index in [4.69, 9.17) is 0 Å². The highest BCUT2D eigenvalue weighted by Gasteiger charge is 2.17. The molecule has 0 aliphatic rings. The Labute approximate surface area is 120 Å². The van der Waals surface area contributed by atoms with E-state index >= 15 is 0 Å². The second-order valence-electron chi connectivity index (χ2n) is 5.42. The van der Waals surface area contributed by atoms with Crippen LogP contribution in [0.2, 0.25) is 0 Å². The molecule has 1 heterocycles. The minimum absolute atomic E-state index is 0.249. The summed E-state index contributed by atoms with van der Waals surface area (Å²) < 4.78 is 27.4. The van der Waals surface area contributed by atoms with E-state index in [1.165, 1.54) is 0 Å². The first-order valence-corrected chi connectivity index (χ1v) is 8.23. The topological polar surface area (TPSA) is 59.1 Å². The van der Waals surface area contributed by atoms with Gasteiger partial charge in [-0.1, -0.05) is 26.0 Å². The van der Waals surface area contributed by atoms with Gasteiger partial charge in [0.25, 0.3) is 0 Å². The Balaban J connectivity index is 2.36. The Morgan fingerprint density at radius 2 is 2.05 bits per heavy atom. The van der Waals surface area contributed by atoms with Crippen molar-refractivity contribution in [1.82, 2.24) is 9.71 Å². The molecule has 108 valence electrons. The van der Waals surface area contributed by atoms with Crippen LogP contribution in [0.1, 0.15) is 25.8 Å². The number of nitrogens with zero attached hydrogens (tertiary/aromatic N) is 1. The Morgan fingerprint density at radius 3 is 2.75 bits per heavy atom. The zero-order valence-corrected chi connectivity index (χ0v) is 12.9. The molecule has 0 amide bonds. The number of hydrogen-bond donors (Lipinski definition) is 1. The molecular weight excluding hydrogens is 272 g/mol. The normalized spacial score (nSPS) is 12.2. The lowest BCUT2D eigenvalue weighted by molar-refractivity contribution is 0.552. The molecule has 0 spiro atoms. The molecule has 1 N–H and O–H groups in total. The van der Waals surface area contributed by atoms with Gasteiger partial charge in [-0.15, -0.1) is 0 Å². The number of aryl methyl sites for hydroxylation is 1. The third kappa shape index (κ3) is 3.35. The first-order valence-electron chi connectivity index (χ1n) is 6.75. The molecular formula is C15H20N2O2S. The lowest BCUT2D eigenvalue weighted by Crippen LogP contribution is -2.26. The molecule has 0 aliphatic heterocycles. The van der Waals surface area contributed by atoms with Crippen molar-refractivity contribution in [3.8, 4) is 0 Å². The molecule has 0 saturated carbocycles. The highest BCUT2D eigenvalue weighted by Crippen LogP contribution is 2.21. The van der Waals surface area contributed by atoms with Crippen molar-refractivity contribution in [2.45, 2.75) is 32.1 Å². The number of pyridine rings is 1. The lowest BCUT2D eigenvalue weighted by atomic mass is 10.1. The number of fused-ring (bicyclic) bond motifs is 1. The van der Waals surface area contributed by atoms with Gasteiger partial charge in [-0.3, -0.25) is 4.98 Å². The van der Waals surface area contributed by atoms with Crippen LogP contribution in [-0.4, -0.2) is 19.9 Å². The summed E-state index contributed by atoms with van der Waals surface area (Å²) in [7, 11) is -3.51. The van der Waals surface area contributed by atoms with Crippen LogP contribution < -0.4 is 4.72 Å². The first-order chi connectivity index (χ1) is 9.40. The molecule has 4 nitrogen and oxygen atoms in total. The van der Waals surface area contributed by atoms with Crippen LogP contribution in [-0.2, 0) is 10.0 Å². The van der Waals surface area contributed by atoms with Gasteiger partial charge in [0.15, 0.2) is 0 Å². The summed E-state index contributed by atoms with van der Waals surface area (Å²) in [6.07, 6.45) is 2.51. The fourth-order valence-electron chi connectivity index (χ4n) is 2.02. The highest BCUT2D eigenvalue weighted by atomic mass is 32.2. The van der Waals surface area contributed by atoms with Gasteiger partial charge in [-0.05, 0) is 37.0 Å². The summed E-state index contributed by atoms with van der Waals surface area (Å²) in [5, 5.41) is 0.844. The SMILES string of the molecule is Cc1cnc2c(S(=O)(=O)NCCC(C)C)cccc2c1. The van der Waals surface area contributed by atoms with Crippen molar-refractivity contribution in [3.63, 3.8) is 0 Å². The highest BCUT2D eigenvalue weighted by molar-refractivity contribution is 7.89. The van der Waals surface area contributed by atoms with E-state index in [2.05, 4.69) is 23.6 Å². The maximum atomic E-state index is 12.4. The monoisotopic (exact) mass is 292 g/mol. The number of rotatable bonds is 5. The van der Waals surface area contributed by atoms with E-state index in [0.29, 0.717) is 18.0 Å². The van der Waals surface area contributed by atoms with Gasteiger partial charge in [0, 0.05) is 18.1 Å². The van der Waals surface area contributed by atoms with E-state index in [9.17, 15) is 8.42 Å². The van der Waals surface area contributed by atoms with E-state index in [1.54, 1.807) is 18.3 Å². The van der Waals surface area contributed by atoms with Crippen LogP contribution in [0.15, 0.2) is 35.4 Å². The van der Waals surface area contributed by atoms with Gasteiger partial charge in [0.2, 0.25) is 10.0 Å². The Hall–Kier alpha value is -1.46. The minimum atomic E-state index is -3.51. The first kappa shape index (κ1) is 14.9. The molecule has 1 aromatic carbocycles. The molecule has 0 fully saturated rings. The fourth-order valence-corrected chi connectivity index (χ4v) is 3.24. The van der Waals surface area contributed by atoms with Gasteiger partial charge in [0.05, 0.1) is 5.52 Å². The Bertz CT molecular complexity index is 709. The number of benzene rings is 1. The molecule has 0 bridgehead atoms. The maximum absolute atomic E-state index is 12.4. The Kier molecular flexibility index (Phi) is 4.40. The van der Waals surface area contributed by atoms with Crippen molar-refractivity contribution in [3.05, 3.63) is 36.0 Å². The van der Waals surface area contributed by atoms with Gasteiger partial charge in [-0.25, -0.2) is 13.1 Å². The van der Waals surface area contributed by atoms with Crippen LogP contribution >= 0.6 is 0 Å². The molecule has 0 aliphatic carbocycles. The summed E-state index contributed by atoms with van der Waals surface area (Å²) in [5.41, 5.74) is 1.54. The van der Waals surface area contributed by atoms with Gasteiger partial charge >= 0.3 is 0 Å². The van der Waals surface area contributed by atoms with Crippen molar-refractivity contribution < 1.29 is 8.42 Å². The molecule has 5 heteroatoms. The predicted molar refractivity (Wildman–Crippen MR) is 81.1 cm³/mol. The number of nitrogens with one attached hydrogen (secondary N) is 1. The van der Waals surface area contributed by atoms with Crippen molar-refractivity contribution >= 4 is 20.9 Å². The average Bonchev–Trinajstić information content (AvgIpc) is 2.36. The zero-order valence-electron chi connectivity index (χ0n) is 12.1. The second kappa shape index (κ2) is 5.89. The average molecular weight is 292 g/mol. The molecule has 0 unspecified atom stereocenters. The van der Waals surface area contributed by atoms with Crippen molar-refractivity contribution in [2.24, 2.45) is 5.92 Å². The summed E-state index contributed by atoms with van der Waals surface area (Å²) in [4.78, 5) is 4.52. The number of hydrogen-bond acceptors (Lipinski definition) is 3. The van der Waals surface area contributed by atoms with E-state index in [-0.39, 0.29) is 4.90 Å². The van der Waals surface area contributed by atoms with E-state index in [0.717, 1.165) is 17.4 Å². The predicted octanol–water partition coefficient (Wildman–Crippen LogP) is 2.87. The van der Waals surface area contributed by atoms with Gasteiger partial charge in [-0.2, -0.15) is 0 Å². The van der Waals surface area contributed by atoms with Crippen LogP contribution in [0.3, 0.4) is 0 Å². The lowest BCUT2D eigenvalue weighted by Gasteiger charge is -2.10. The van der Waals surface area contributed by atoms with Crippen molar-refractivity contribution in [1.29, 1.82) is 0 Å². The largest absolute Gasteiger partial charge is 0.255 e. The third-order valence-corrected chi connectivity index (χ3v) is 4.61. The van der Waals surface area contributed by atoms with Gasteiger partial charge < -0.3 is 0 Å². The van der Waals surface area contributed by atoms with Gasteiger partial charge in [0.1, 0.15) is 4.90 Å². The van der Waals surface area contributed by atoms with Crippen LogP contribution in [0.25, 0.3) is 10.9 Å². The summed E-state index contributed by atoms with van der Waals surface area (Å²) in [6, 6.07) is 7.17. The van der Waals surface area contributed by atoms with E-state index < -0.39 is 10.0 Å². The summed E-state index contributed by atoms with van der Waals surface area (Å²) >= 11 is 0. The molecule has 0 radical (unpaired) electrons. The van der Waals surface area contributed by atoms with Crippen LogP contribution in [0.5, 0.6) is 0 Å². The van der Waals surface area contributed by atoms with Crippen molar-refractivity contribution in [2.75, 3.05) is 6.54 Å².